The molecule has 0 saturated heterocycles. The van der Waals surface area contributed by atoms with Gasteiger partial charge in [0.05, 0.1) is 44.4 Å². The molecule has 1 N–H and O–H groups in total. The third-order valence-corrected chi connectivity index (χ3v) is 10.7. The minimum absolute atomic E-state index is 0.301. The highest BCUT2D eigenvalue weighted by atomic mass is 35.5. The minimum atomic E-state index is -2.65. The summed E-state index contributed by atoms with van der Waals surface area (Å²) in [5.74, 6) is 0.616. The van der Waals surface area contributed by atoms with Crippen LogP contribution in [-0.2, 0) is 16.5 Å². The van der Waals surface area contributed by atoms with Gasteiger partial charge in [0.1, 0.15) is 11.6 Å². The Morgan fingerprint density at radius 1 is 1.10 bits per heavy atom. The first kappa shape index (κ1) is 23.4. The van der Waals surface area contributed by atoms with Crippen molar-refractivity contribution in [3.05, 3.63) is 76.6 Å². The molecule has 4 aromatic rings. The van der Waals surface area contributed by atoms with E-state index in [1.165, 1.54) is 0 Å². The van der Waals surface area contributed by atoms with E-state index in [1.807, 2.05) is 43.5 Å². The Bertz CT molecular complexity index is 1830. The predicted octanol–water partition coefficient (Wildman–Crippen LogP) is 6.09. The Balaban J connectivity index is 1.30. The third-order valence-electron chi connectivity index (χ3n) is 8.63. The number of hydrogen-bond donors (Lipinski definition) is 1. The summed E-state index contributed by atoms with van der Waals surface area (Å²) < 4.78 is 42.7. The van der Waals surface area contributed by atoms with E-state index < -0.39 is 40.2 Å². The summed E-state index contributed by atoms with van der Waals surface area (Å²) in [7, 11) is -1.26. The van der Waals surface area contributed by atoms with Crippen LogP contribution in [0, 0.1) is 0 Å². The molecule has 3 atom stereocenters. The van der Waals surface area contributed by atoms with Crippen molar-refractivity contribution in [2.24, 2.45) is 0 Å². The van der Waals surface area contributed by atoms with E-state index in [0.29, 0.717) is 39.7 Å². The van der Waals surface area contributed by atoms with Gasteiger partial charge in [-0.25, -0.2) is 23.9 Å². The lowest BCUT2D eigenvalue weighted by atomic mass is 9.97. The molecule has 41 heavy (non-hydrogen) atoms. The van der Waals surface area contributed by atoms with Crippen molar-refractivity contribution in [1.29, 1.82) is 0 Å². The van der Waals surface area contributed by atoms with Crippen LogP contribution in [0.15, 0.2) is 48.8 Å². The summed E-state index contributed by atoms with van der Waals surface area (Å²) in [5, 5.41) is 0.420. The fraction of sp³-hybridized carbons (Fsp3) is 0.419. The molecule has 2 aromatic carbocycles. The van der Waals surface area contributed by atoms with E-state index in [2.05, 4.69) is 4.72 Å². The van der Waals surface area contributed by atoms with Crippen LogP contribution >= 0.6 is 11.6 Å². The highest BCUT2D eigenvalue weighted by Gasteiger charge is 2.44. The number of carbonyl (C=O) groups is 1. The van der Waals surface area contributed by atoms with Crippen LogP contribution in [0.25, 0.3) is 22.2 Å². The summed E-state index contributed by atoms with van der Waals surface area (Å²) in [6.07, 6.45) is 7.65. The Morgan fingerprint density at radius 2 is 1.85 bits per heavy atom. The van der Waals surface area contributed by atoms with Crippen LogP contribution in [0.2, 0.25) is 5.02 Å². The average Bonchev–Trinajstić information content (AvgIpc) is 3.65. The second-order valence-corrected chi connectivity index (χ2v) is 14.6. The molecule has 2 aliphatic heterocycles. The van der Waals surface area contributed by atoms with Gasteiger partial charge in [-0.2, -0.15) is 0 Å². The number of amides is 1. The molecule has 10 heteroatoms. The zero-order valence-corrected chi connectivity index (χ0v) is 24.7. The molecule has 0 radical (unpaired) electrons. The number of imidazole rings is 1. The second kappa shape index (κ2) is 9.44. The molecular formula is C31H33ClN6O2S. The van der Waals surface area contributed by atoms with Crippen molar-refractivity contribution in [2.45, 2.75) is 75.2 Å². The first-order valence-electron chi connectivity index (χ1n) is 15.5. The Morgan fingerprint density at radius 3 is 2.56 bits per heavy atom. The molecule has 1 saturated carbocycles. The predicted molar refractivity (Wildman–Crippen MR) is 161 cm³/mol. The number of nitrogens with zero attached hydrogens (tertiary/aromatic N) is 5. The summed E-state index contributed by atoms with van der Waals surface area (Å²) in [6, 6.07) is 9.83. The zero-order valence-electron chi connectivity index (χ0n) is 26.1. The van der Waals surface area contributed by atoms with Crippen LogP contribution in [0.5, 0.6) is 0 Å². The second-order valence-electron chi connectivity index (χ2n) is 12.3. The lowest BCUT2D eigenvalue weighted by Gasteiger charge is -2.31. The Kier molecular flexibility index (Phi) is 5.39. The first-order chi connectivity index (χ1) is 20.8. The van der Waals surface area contributed by atoms with E-state index in [9.17, 15) is 9.00 Å². The highest BCUT2D eigenvalue weighted by molar-refractivity contribution is 7.84. The SMILES string of the molecule is [2H]C([2H])([2H])N1C(=O)c2cccc(Cl)c2[C@H]2C[C@@H]1c1nc3ccc(-c4cnc(C5(NS(=O)C(C)(C)C)CCCC5)nc4)cc3n12. The molecule has 8 nitrogen and oxygen atoms in total. The number of rotatable bonds is 4. The molecule has 1 unspecified atom stereocenters. The molecule has 1 fully saturated rings. The molecule has 212 valence electrons. The smallest absolute Gasteiger partial charge is 0.254 e. The summed E-state index contributed by atoms with van der Waals surface area (Å²) in [6.45, 7) is 3.20. The topological polar surface area (TPSA) is 93.0 Å². The van der Waals surface area contributed by atoms with E-state index >= 15 is 0 Å². The Hall–Kier alpha value is -3.14. The van der Waals surface area contributed by atoms with Gasteiger partial charge in [-0.05, 0) is 63.4 Å². The van der Waals surface area contributed by atoms with E-state index in [4.69, 9.17) is 30.7 Å². The van der Waals surface area contributed by atoms with Gasteiger partial charge in [-0.15, -0.1) is 0 Å². The normalized spacial score (nSPS) is 23.5. The largest absolute Gasteiger partial charge is 0.331 e. The van der Waals surface area contributed by atoms with Crippen molar-refractivity contribution in [3.8, 4) is 11.1 Å². The fourth-order valence-corrected chi connectivity index (χ4v) is 7.74. The molecule has 7 rings (SSSR count). The molecule has 4 heterocycles. The fourth-order valence-electron chi connectivity index (χ4n) is 6.48. The molecule has 1 amide bonds. The maximum Gasteiger partial charge on any atom is 0.254 e. The summed E-state index contributed by atoms with van der Waals surface area (Å²) in [4.78, 5) is 29.0. The third kappa shape index (κ3) is 4.15. The Labute approximate surface area is 251 Å². The molecular weight excluding hydrogens is 556 g/mol. The van der Waals surface area contributed by atoms with Crippen molar-refractivity contribution < 1.29 is 13.1 Å². The highest BCUT2D eigenvalue weighted by Crippen LogP contribution is 2.49. The first-order valence-corrected chi connectivity index (χ1v) is 15.5. The van der Waals surface area contributed by atoms with Crippen molar-refractivity contribution in [2.75, 3.05) is 6.98 Å². The van der Waals surface area contributed by atoms with Crippen molar-refractivity contribution in [3.63, 3.8) is 0 Å². The number of halogens is 1. The van der Waals surface area contributed by atoms with Gasteiger partial charge in [0.25, 0.3) is 5.91 Å². The number of hydrogen-bond acceptors (Lipinski definition) is 5. The van der Waals surface area contributed by atoms with Crippen LogP contribution in [0.1, 0.15) is 96.6 Å². The zero-order chi connectivity index (χ0) is 31.2. The van der Waals surface area contributed by atoms with Crippen LogP contribution in [0.3, 0.4) is 0 Å². The monoisotopic (exact) mass is 591 g/mol. The molecule has 1 aliphatic carbocycles. The quantitative estimate of drug-likeness (QED) is 0.310. The van der Waals surface area contributed by atoms with Crippen LogP contribution in [0.4, 0.5) is 0 Å². The molecule has 3 aliphatic rings. The van der Waals surface area contributed by atoms with Gasteiger partial charge in [-0.3, -0.25) is 4.79 Å². The minimum Gasteiger partial charge on any atom is -0.331 e. The lowest BCUT2D eigenvalue weighted by Crippen LogP contribution is -2.47. The van der Waals surface area contributed by atoms with Crippen LogP contribution < -0.4 is 4.72 Å². The standard InChI is InChI=1S/C31H33ClN6O2S/c1-30(2,3)41(40)36-31(12-5-6-13-31)29-33-16-19(17-34-29)18-10-11-22-23(14-18)38-24-15-25(27(38)35-22)37(4)28(39)20-8-7-9-21(32)26(20)24/h7-11,14,16-17,24-25,36H,5-6,12-13,15H2,1-4H3/t24-,25-,41?/m1/s1/i4D3. The van der Waals surface area contributed by atoms with Crippen molar-refractivity contribution >= 4 is 39.5 Å². The van der Waals surface area contributed by atoms with Gasteiger partial charge in [0.2, 0.25) is 0 Å². The maximum atomic E-state index is 13.6. The molecule has 0 spiro atoms. The van der Waals surface area contributed by atoms with Gasteiger partial charge < -0.3 is 9.47 Å². The van der Waals surface area contributed by atoms with E-state index in [0.717, 1.165) is 47.2 Å². The van der Waals surface area contributed by atoms with Crippen LogP contribution in [-0.4, -0.2) is 46.3 Å². The van der Waals surface area contributed by atoms with Gasteiger partial charge >= 0.3 is 0 Å². The van der Waals surface area contributed by atoms with Crippen molar-refractivity contribution in [1.82, 2.24) is 29.1 Å². The van der Waals surface area contributed by atoms with Gasteiger partial charge in [0, 0.05) is 51.6 Å². The van der Waals surface area contributed by atoms with Gasteiger partial charge in [0.15, 0.2) is 0 Å². The van der Waals surface area contributed by atoms with E-state index in [-0.39, 0.29) is 6.04 Å². The summed E-state index contributed by atoms with van der Waals surface area (Å²) >= 11 is 6.70. The number of nitrogens with one attached hydrogen (secondary N) is 1. The maximum absolute atomic E-state index is 13.6. The summed E-state index contributed by atoms with van der Waals surface area (Å²) in [5.41, 5.74) is 3.59. The number of fused-ring (bicyclic) bond motifs is 9. The molecule has 2 aromatic heterocycles. The van der Waals surface area contributed by atoms with Gasteiger partial charge in [-0.1, -0.05) is 36.6 Å². The average molecular weight is 592 g/mol. The number of benzene rings is 2. The number of carbonyl (C=O) groups excluding carboxylic acids is 1. The van der Waals surface area contributed by atoms with E-state index in [1.54, 1.807) is 30.6 Å². The lowest BCUT2D eigenvalue weighted by molar-refractivity contribution is 0.0734. The molecule has 2 bridgehead atoms. The number of aromatic nitrogens is 4.